The Morgan fingerprint density at radius 2 is 1.72 bits per heavy atom. The van der Waals surface area contributed by atoms with E-state index in [9.17, 15) is 4.79 Å². The van der Waals surface area contributed by atoms with E-state index in [0.29, 0.717) is 18.7 Å². The van der Waals surface area contributed by atoms with Gasteiger partial charge in [0, 0.05) is 0 Å². The van der Waals surface area contributed by atoms with Gasteiger partial charge in [0.15, 0.2) is 0 Å². The van der Waals surface area contributed by atoms with Gasteiger partial charge in [0.25, 0.3) is 0 Å². The van der Waals surface area contributed by atoms with Crippen LogP contribution in [0, 0.1) is 16.7 Å². The summed E-state index contributed by atoms with van der Waals surface area (Å²) < 4.78 is 5.39. The summed E-state index contributed by atoms with van der Waals surface area (Å²) in [5.41, 5.74) is 1.27. The SMILES string of the molecule is CCOC(=O)C(/C=C/CC#N)(Cc1ccccc1)/C(C)=N\OCc1ccccc1. The van der Waals surface area contributed by atoms with E-state index in [4.69, 9.17) is 14.8 Å². The van der Waals surface area contributed by atoms with Crippen LogP contribution < -0.4 is 0 Å². The topological polar surface area (TPSA) is 71.7 Å². The first-order chi connectivity index (χ1) is 14.1. The highest BCUT2D eigenvalue weighted by Crippen LogP contribution is 2.30. The van der Waals surface area contributed by atoms with Gasteiger partial charge in [-0.1, -0.05) is 78.0 Å². The van der Waals surface area contributed by atoms with E-state index in [0.717, 1.165) is 11.1 Å². The van der Waals surface area contributed by atoms with Crippen LogP contribution >= 0.6 is 0 Å². The molecule has 2 aromatic rings. The Morgan fingerprint density at radius 1 is 1.10 bits per heavy atom. The molecule has 0 radical (unpaired) electrons. The van der Waals surface area contributed by atoms with Gasteiger partial charge in [0.1, 0.15) is 12.0 Å². The monoisotopic (exact) mass is 390 g/mol. The third-order valence-corrected chi connectivity index (χ3v) is 4.50. The van der Waals surface area contributed by atoms with Crippen molar-refractivity contribution < 1.29 is 14.4 Å². The van der Waals surface area contributed by atoms with Crippen LogP contribution in [0.1, 0.15) is 31.4 Å². The third-order valence-electron chi connectivity index (χ3n) is 4.50. The minimum absolute atomic E-state index is 0.189. The fourth-order valence-electron chi connectivity index (χ4n) is 2.95. The van der Waals surface area contributed by atoms with Gasteiger partial charge in [-0.3, -0.25) is 4.79 Å². The summed E-state index contributed by atoms with van der Waals surface area (Å²) in [4.78, 5) is 18.6. The lowest BCUT2D eigenvalue weighted by molar-refractivity contribution is -0.149. The predicted molar refractivity (Wildman–Crippen MR) is 113 cm³/mol. The summed E-state index contributed by atoms with van der Waals surface area (Å²) in [5, 5.41) is 13.2. The number of carbonyl (C=O) groups is 1. The highest BCUT2D eigenvalue weighted by molar-refractivity contribution is 6.07. The molecule has 0 aromatic heterocycles. The van der Waals surface area contributed by atoms with Gasteiger partial charge in [0.2, 0.25) is 0 Å². The van der Waals surface area contributed by atoms with Gasteiger partial charge in [-0.25, -0.2) is 0 Å². The quantitative estimate of drug-likeness (QED) is 0.252. The van der Waals surface area contributed by atoms with Crippen molar-refractivity contribution in [2.24, 2.45) is 10.6 Å². The average molecular weight is 390 g/mol. The molecule has 0 fully saturated rings. The molecule has 2 rings (SSSR count). The molecular weight excluding hydrogens is 364 g/mol. The molecule has 0 bridgehead atoms. The largest absolute Gasteiger partial charge is 0.465 e. The van der Waals surface area contributed by atoms with E-state index in [1.807, 2.05) is 60.7 Å². The molecule has 0 saturated carbocycles. The maximum Gasteiger partial charge on any atom is 0.322 e. The first-order valence-electron chi connectivity index (χ1n) is 9.59. The van der Waals surface area contributed by atoms with Crippen LogP contribution in [-0.2, 0) is 27.4 Å². The molecule has 5 nitrogen and oxygen atoms in total. The number of benzene rings is 2. The fraction of sp³-hybridized carbons (Fsp3) is 0.292. The van der Waals surface area contributed by atoms with Crippen LogP contribution in [0.3, 0.4) is 0 Å². The van der Waals surface area contributed by atoms with Crippen molar-refractivity contribution in [2.45, 2.75) is 33.3 Å². The third kappa shape index (κ3) is 6.32. The molecule has 0 saturated heterocycles. The number of oxime groups is 1. The van der Waals surface area contributed by atoms with E-state index in [2.05, 4.69) is 11.2 Å². The van der Waals surface area contributed by atoms with Crippen molar-refractivity contribution in [1.82, 2.24) is 0 Å². The van der Waals surface area contributed by atoms with Crippen molar-refractivity contribution in [3.8, 4) is 6.07 Å². The van der Waals surface area contributed by atoms with Gasteiger partial charge in [-0.05, 0) is 31.4 Å². The predicted octanol–water partition coefficient (Wildman–Crippen LogP) is 4.84. The molecule has 150 valence electrons. The van der Waals surface area contributed by atoms with Crippen LogP contribution in [0.15, 0.2) is 78.0 Å². The summed E-state index contributed by atoms with van der Waals surface area (Å²) in [6.07, 6.45) is 3.94. The molecule has 5 heteroatoms. The van der Waals surface area contributed by atoms with E-state index < -0.39 is 11.4 Å². The lowest BCUT2D eigenvalue weighted by Gasteiger charge is -2.28. The summed E-state index contributed by atoms with van der Waals surface area (Å²) in [7, 11) is 0. The summed E-state index contributed by atoms with van der Waals surface area (Å²) in [5.74, 6) is -0.414. The Hall–Kier alpha value is -3.39. The van der Waals surface area contributed by atoms with Crippen LogP contribution in [0.2, 0.25) is 0 Å². The summed E-state index contributed by atoms with van der Waals surface area (Å²) >= 11 is 0. The van der Waals surface area contributed by atoms with E-state index in [1.54, 1.807) is 26.0 Å². The highest BCUT2D eigenvalue weighted by atomic mass is 16.6. The average Bonchev–Trinajstić information content (AvgIpc) is 2.74. The number of rotatable bonds is 10. The minimum atomic E-state index is -1.15. The number of esters is 1. The number of nitrogens with zero attached hydrogens (tertiary/aromatic N) is 2. The Kier molecular flexibility index (Phi) is 8.65. The van der Waals surface area contributed by atoms with Gasteiger partial charge < -0.3 is 9.57 Å². The summed E-state index contributed by atoms with van der Waals surface area (Å²) in [6.45, 7) is 4.06. The maximum atomic E-state index is 13.0. The first-order valence-corrected chi connectivity index (χ1v) is 9.59. The maximum absolute atomic E-state index is 13.0. The second-order valence-electron chi connectivity index (χ2n) is 6.55. The number of allylic oxidation sites excluding steroid dienone is 1. The smallest absolute Gasteiger partial charge is 0.322 e. The number of nitriles is 1. The molecule has 0 N–H and O–H groups in total. The Morgan fingerprint density at radius 3 is 2.31 bits per heavy atom. The van der Waals surface area contributed by atoms with Gasteiger partial charge in [0.05, 0.1) is 24.8 Å². The lowest BCUT2D eigenvalue weighted by Crippen LogP contribution is -2.40. The normalized spacial score (nSPS) is 13.5. The number of hydrogen-bond donors (Lipinski definition) is 0. The van der Waals surface area contributed by atoms with Crippen LogP contribution in [0.5, 0.6) is 0 Å². The summed E-state index contributed by atoms with van der Waals surface area (Å²) in [6, 6.07) is 21.4. The second kappa shape index (κ2) is 11.5. The Balaban J connectivity index is 2.36. The van der Waals surface area contributed by atoms with Crippen molar-refractivity contribution in [3.63, 3.8) is 0 Å². The number of hydrogen-bond acceptors (Lipinski definition) is 5. The highest BCUT2D eigenvalue weighted by Gasteiger charge is 2.41. The number of carbonyl (C=O) groups excluding carboxylic acids is 1. The van der Waals surface area contributed by atoms with Crippen molar-refractivity contribution >= 4 is 11.7 Å². The zero-order chi connectivity index (χ0) is 21.0. The van der Waals surface area contributed by atoms with Crippen molar-refractivity contribution in [2.75, 3.05) is 6.61 Å². The molecule has 2 aromatic carbocycles. The van der Waals surface area contributed by atoms with Gasteiger partial charge >= 0.3 is 5.97 Å². The molecule has 0 spiro atoms. The zero-order valence-corrected chi connectivity index (χ0v) is 16.9. The van der Waals surface area contributed by atoms with E-state index in [-0.39, 0.29) is 13.0 Å². The van der Waals surface area contributed by atoms with E-state index in [1.165, 1.54) is 0 Å². The molecular formula is C24H26N2O3. The second-order valence-corrected chi connectivity index (χ2v) is 6.55. The van der Waals surface area contributed by atoms with Crippen molar-refractivity contribution in [3.05, 3.63) is 83.9 Å². The lowest BCUT2D eigenvalue weighted by atomic mass is 9.77. The first kappa shape index (κ1) is 21.9. The van der Waals surface area contributed by atoms with Gasteiger partial charge in [-0.2, -0.15) is 5.26 Å². The molecule has 0 aliphatic carbocycles. The molecule has 0 amide bonds. The molecule has 0 aliphatic rings. The molecule has 29 heavy (non-hydrogen) atoms. The van der Waals surface area contributed by atoms with Crippen LogP contribution in [0.25, 0.3) is 0 Å². The Labute approximate surface area is 172 Å². The molecule has 1 unspecified atom stereocenters. The zero-order valence-electron chi connectivity index (χ0n) is 16.9. The van der Waals surface area contributed by atoms with Gasteiger partial charge in [-0.15, -0.1) is 0 Å². The van der Waals surface area contributed by atoms with Crippen LogP contribution in [0.4, 0.5) is 0 Å². The van der Waals surface area contributed by atoms with E-state index >= 15 is 0 Å². The Bertz CT molecular complexity index is 870. The molecule has 0 aliphatic heterocycles. The van der Waals surface area contributed by atoms with Crippen LogP contribution in [-0.4, -0.2) is 18.3 Å². The fourth-order valence-corrected chi connectivity index (χ4v) is 2.95. The van der Waals surface area contributed by atoms with Crippen molar-refractivity contribution in [1.29, 1.82) is 5.26 Å². The molecule has 1 atom stereocenters. The minimum Gasteiger partial charge on any atom is -0.465 e. The molecule has 0 heterocycles. The standard InChI is InChI=1S/C24H26N2O3/c1-3-28-23(27)24(16-10-11-17-25,18-21-12-6-4-7-13-21)20(2)26-29-19-22-14-8-5-9-15-22/h4-10,12-16H,3,11,18-19H2,1-2H3/b16-10+,26-20-. The number of ether oxygens (including phenoxy) is 1.